The Kier molecular flexibility index (Phi) is 2.20. The second-order valence-corrected chi connectivity index (χ2v) is 4.29. The van der Waals surface area contributed by atoms with Crippen LogP contribution in [0.4, 0.5) is 0 Å². The minimum absolute atomic E-state index is 0.0186. The van der Waals surface area contributed by atoms with Gasteiger partial charge in [0.25, 0.3) is 0 Å². The lowest BCUT2D eigenvalue weighted by Gasteiger charge is -2.07. The number of ketones is 1. The number of halogens is 1. The third kappa shape index (κ3) is 1.31. The monoisotopic (exact) mass is 244 g/mol. The Morgan fingerprint density at radius 1 is 1.00 bits per heavy atom. The second kappa shape index (κ2) is 3.60. The summed E-state index contributed by atoms with van der Waals surface area (Å²) in [4.78, 5) is 12.3. The SMILES string of the molecule is COc1c(Cl)ccc2c1C(=O)c1ccccc1-2. The van der Waals surface area contributed by atoms with Crippen LogP contribution in [0, 0.1) is 0 Å². The molecule has 3 heteroatoms. The van der Waals surface area contributed by atoms with Gasteiger partial charge in [0.2, 0.25) is 0 Å². The van der Waals surface area contributed by atoms with Gasteiger partial charge in [-0.25, -0.2) is 0 Å². The molecule has 0 aliphatic heterocycles. The number of benzene rings is 2. The van der Waals surface area contributed by atoms with Gasteiger partial charge < -0.3 is 4.74 Å². The van der Waals surface area contributed by atoms with Gasteiger partial charge in [-0.3, -0.25) is 4.79 Å². The van der Waals surface area contributed by atoms with Crippen LogP contribution in [0.5, 0.6) is 5.75 Å². The summed E-state index contributed by atoms with van der Waals surface area (Å²) in [5, 5.41) is 0.465. The van der Waals surface area contributed by atoms with Gasteiger partial charge in [-0.2, -0.15) is 0 Å². The maximum atomic E-state index is 12.3. The van der Waals surface area contributed by atoms with Gasteiger partial charge in [0, 0.05) is 5.56 Å². The molecule has 2 nitrogen and oxygen atoms in total. The van der Waals surface area contributed by atoms with Crippen molar-refractivity contribution < 1.29 is 9.53 Å². The van der Waals surface area contributed by atoms with Crippen LogP contribution in [0.3, 0.4) is 0 Å². The van der Waals surface area contributed by atoms with Crippen molar-refractivity contribution >= 4 is 17.4 Å². The van der Waals surface area contributed by atoms with Crippen LogP contribution in [0.2, 0.25) is 5.02 Å². The summed E-state index contributed by atoms with van der Waals surface area (Å²) in [6.07, 6.45) is 0. The highest BCUT2D eigenvalue weighted by Gasteiger charge is 2.30. The number of hydrogen-bond donors (Lipinski definition) is 0. The molecule has 0 saturated carbocycles. The standard InChI is InChI=1S/C14H9ClO2/c1-17-14-11(15)7-6-9-8-4-2-3-5-10(8)13(16)12(9)14/h2-7H,1H3. The van der Waals surface area contributed by atoms with Gasteiger partial charge in [0.05, 0.1) is 17.7 Å². The molecule has 2 aromatic carbocycles. The molecule has 0 N–H and O–H groups in total. The van der Waals surface area contributed by atoms with Crippen LogP contribution < -0.4 is 4.74 Å². The Labute approximate surface area is 104 Å². The van der Waals surface area contributed by atoms with E-state index in [9.17, 15) is 4.79 Å². The smallest absolute Gasteiger partial charge is 0.198 e. The summed E-state index contributed by atoms with van der Waals surface area (Å²) >= 11 is 6.04. The third-order valence-electron chi connectivity index (χ3n) is 3.00. The molecule has 0 unspecified atom stereocenters. The van der Waals surface area contributed by atoms with Crippen molar-refractivity contribution in [1.82, 2.24) is 0 Å². The van der Waals surface area contributed by atoms with Crippen LogP contribution in [-0.2, 0) is 0 Å². The average molecular weight is 245 g/mol. The number of carbonyl (C=O) groups is 1. The van der Waals surface area contributed by atoms with Gasteiger partial charge in [-0.05, 0) is 17.2 Å². The molecule has 0 spiro atoms. The van der Waals surface area contributed by atoms with Crippen molar-refractivity contribution in [1.29, 1.82) is 0 Å². The quantitative estimate of drug-likeness (QED) is 0.654. The van der Waals surface area contributed by atoms with E-state index >= 15 is 0 Å². The minimum Gasteiger partial charge on any atom is -0.494 e. The number of fused-ring (bicyclic) bond motifs is 3. The van der Waals surface area contributed by atoms with E-state index in [0.717, 1.165) is 11.1 Å². The average Bonchev–Trinajstić information content (AvgIpc) is 2.64. The molecular weight excluding hydrogens is 236 g/mol. The normalized spacial score (nSPS) is 12.2. The zero-order valence-corrected chi connectivity index (χ0v) is 9.91. The molecule has 17 heavy (non-hydrogen) atoms. The maximum absolute atomic E-state index is 12.3. The van der Waals surface area contributed by atoms with Crippen molar-refractivity contribution in [3.8, 4) is 16.9 Å². The summed E-state index contributed by atoms with van der Waals surface area (Å²) in [6, 6.07) is 11.2. The fourth-order valence-corrected chi connectivity index (χ4v) is 2.49. The lowest BCUT2D eigenvalue weighted by molar-refractivity contribution is 0.104. The van der Waals surface area contributed by atoms with E-state index in [4.69, 9.17) is 16.3 Å². The fourth-order valence-electron chi connectivity index (χ4n) is 2.26. The highest BCUT2D eigenvalue weighted by Crippen LogP contribution is 2.43. The van der Waals surface area contributed by atoms with E-state index in [1.165, 1.54) is 7.11 Å². The minimum atomic E-state index is -0.0186. The highest BCUT2D eigenvalue weighted by molar-refractivity contribution is 6.34. The Morgan fingerprint density at radius 3 is 2.41 bits per heavy atom. The highest BCUT2D eigenvalue weighted by atomic mass is 35.5. The second-order valence-electron chi connectivity index (χ2n) is 3.88. The number of methoxy groups -OCH3 is 1. The van der Waals surface area contributed by atoms with Gasteiger partial charge >= 0.3 is 0 Å². The van der Waals surface area contributed by atoms with Crippen LogP contribution in [0.15, 0.2) is 36.4 Å². The molecule has 3 rings (SSSR count). The molecule has 0 atom stereocenters. The molecule has 0 saturated heterocycles. The van der Waals surface area contributed by atoms with E-state index in [1.807, 2.05) is 30.3 Å². The van der Waals surface area contributed by atoms with Crippen LogP contribution in [-0.4, -0.2) is 12.9 Å². The van der Waals surface area contributed by atoms with Gasteiger partial charge in [0.15, 0.2) is 5.78 Å². The molecule has 0 amide bonds. The van der Waals surface area contributed by atoms with E-state index in [2.05, 4.69) is 0 Å². The fraction of sp³-hybridized carbons (Fsp3) is 0.0714. The van der Waals surface area contributed by atoms with Crippen molar-refractivity contribution in [3.63, 3.8) is 0 Å². The number of rotatable bonds is 1. The maximum Gasteiger partial charge on any atom is 0.198 e. The Balaban J connectivity index is 2.38. The first-order chi connectivity index (χ1) is 8.24. The summed E-state index contributed by atoms with van der Waals surface area (Å²) in [6.45, 7) is 0. The first-order valence-corrected chi connectivity index (χ1v) is 5.62. The number of ether oxygens (including phenoxy) is 1. The van der Waals surface area contributed by atoms with Crippen LogP contribution in [0.1, 0.15) is 15.9 Å². The summed E-state index contributed by atoms with van der Waals surface area (Å²) in [7, 11) is 1.53. The lowest BCUT2D eigenvalue weighted by Crippen LogP contribution is -1.99. The molecule has 0 aromatic heterocycles. The molecule has 2 aromatic rings. The summed E-state index contributed by atoms with van der Waals surface area (Å²) in [5.74, 6) is 0.445. The first kappa shape index (κ1) is 10.4. The molecule has 0 heterocycles. The van der Waals surface area contributed by atoms with Gasteiger partial charge in [-0.15, -0.1) is 0 Å². The Bertz CT molecular complexity index is 632. The lowest BCUT2D eigenvalue weighted by atomic mass is 10.1. The topological polar surface area (TPSA) is 26.3 Å². The van der Waals surface area contributed by atoms with Crippen molar-refractivity contribution in [2.75, 3.05) is 7.11 Å². The molecule has 0 radical (unpaired) electrons. The van der Waals surface area contributed by atoms with Gasteiger partial charge in [0.1, 0.15) is 5.75 Å². The van der Waals surface area contributed by atoms with Crippen LogP contribution in [0.25, 0.3) is 11.1 Å². The van der Waals surface area contributed by atoms with E-state index < -0.39 is 0 Å². The van der Waals surface area contributed by atoms with Crippen molar-refractivity contribution in [2.45, 2.75) is 0 Å². The molecule has 0 bridgehead atoms. The molecule has 0 fully saturated rings. The zero-order chi connectivity index (χ0) is 12.0. The first-order valence-electron chi connectivity index (χ1n) is 5.24. The van der Waals surface area contributed by atoms with Crippen molar-refractivity contribution in [3.05, 3.63) is 52.5 Å². The van der Waals surface area contributed by atoms with Crippen LogP contribution >= 0.6 is 11.6 Å². The predicted molar refractivity (Wildman–Crippen MR) is 66.9 cm³/mol. The number of hydrogen-bond acceptors (Lipinski definition) is 2. The number of carbonyl (C=O) groups excluding carboxylic acids is 1. The molecule has 84 valence electrons. The summed E-state index contributed by atoms with van der Waals surface area (Å²) in [5.41, 5.74) is 3.12. The Hall–Kier alpha value is -1.80. The van der Waals surface area contributed by atoms with E-state index in [-0.39, 0.29) is 5.78 Å². The van der Waals surface area contributed by atoms with E-state index in [0.29, 0.717) is 21.9 Å². The molecule has 1 aliphatic rings. The Morgan fingerprint density at radius 2 is 1.71 bits per heavy atom. The van der Waals surface area contributed by atoms with E-state index in [1.54, 1.807) is 6.07 Å². The van der Waals surface area contributed by atoms with Crippen molar-refractivity contribution in [2.24, 2.45) is 0 Å². The predicted octanol–water partition coefficient (Wildman–Crippen LogP) is 3.56. The molecular formula is C14H9ClO2. The summed E-state index contributed by atoms with van der Waals surface area (Å²) < 4.78 is 5.24. The zero-order valence-electron chi connectivity index (χ0n) is 9.16. The largest absolute Gasteiger partial charge is 0.494 e. The molecule has 1 aliphatic carbocycles. The third-order valence-corrected chi connectivity index (χ3v) is 3.30. The van der Waals surface area contributed by atoms with Gasteiger partial charge in [-0.1, -0.05) is 41.9 Å².